The Labute approximate surface area is 88.6 Å². The first-order valence-electron chi connectivity index (χ1n) is 4.87. The molecule has 0 aromatic heterocycles. The minimum absolute atomic E-state index is 0.127. The van der Waals surface area contributed by atoms with Gasteiger partial charge < -0.3 is 10.6 Å². The highest BCUT2D eigenvalue weighted by molar-refractivity contribution is 5.60. The number of anilines is 1. The summed E-state index contributed by atoms with van der Waals surface area (Å²) in [6.07, 6.45) is 0.933. The Morgan fingerprint density at radius 3 is 2.73 bits per heavy atom. The summed E-state index contributed by atoms with van der Waals surface area (Å²) in [5.41, 5.74) is 0.709. The van der Waals surface area contributed by atoms with Crippen molar-refractivity contribution in [2.45, 2.75) is 6.42 Å². The molecule has 0 radical (unpaired) electrons. The highest BCUT2D eigenvalue weighted by Gasteiger charge is 2.10. The second-order valence-electron chi connectivity index (χ2n) is 3.16. The maximum atomic E-state index is 10.7. The third-order valence-electron chi connectivity index (χ3n) is 2.02. The van der Waals surface area contributed by atoms with Crippen molar-refractivity contribution < 1.29 is 4.92 Å². The predicted octanol–water partition coefficient (Wildman–Crippen LogP) is 1.62. The quantitative estimate of drug-likeness (QED) is 0.424. The zero-order valence-electron chi connectivity index (χ0n) is 8.69. The summed E-state index contributed by atoms with van der Waals surface area (Å²) in [6.45, 7) is 1.62. The molecule has 0 amide bonds. The second kappa shape index (κ2) is 5.98. The Morgan fingerprint density at radius 2 is 2.07 bits per heavy atom. The van der Waals surface area contributed by atoms with Crippen LogP contribution < -0.4 is 10.6 Å². The van der Waals surface area contributed by atoms with Crippen LogP contribution in [0.15, 0.2) is 24.3 Å². The van der Waals surface area contributed by atoms with Crippen molar-refractivity contribution in [2.75, 3.05) is 25.5 Å². The van der Waals surface area contributed by atoms with Crippen molar-refractivity contribution in [3.63, 3.8) is 0 Å². The van der Waals surface area contributed by atoms with Crippen molar-refractivity contribution in [3.05, 3.63) is 34.4 Å². The number of rotatable bonds is 6. The lowest BCUT2D eigenvalue weighted by Crippen LogP contribution is -2.13. The standard InChI is InChI=1S/C10H15N3O2/c1-11-7-4-8-12-9-5-2-3-6-10(9)13(14)15/h2-3,5-6,11-12H,4,7-8H2,1H3. The molecule has 5 heteroatoms. The van der Waals surface area contributed by atoms with Gasteiger partial charge in [-0.15, -0.1) is 0 Å². The minimum atomic E-state index is -0.375. The predicted molar refractivity (Wildman–Crippen MR) is 60.1 cm³/mol. The molecule has 0 fully saturated rings. The van der Waals surface area contributed by atoms with E-state index in [1.54, 1.807) is 18.2 Å². The van der Waals surface area contributed by atoms with Crippen LogP contribution in [0.2, 0.25) is 0 Å². The van der Waals surface area contributed by atoms with Crippen LogP contribution in [-0.2, 0) is 0 Å². The minimum Gasteiger partial charge on any atom is -0.379 e. The number of nitrogens with zero attached hydrogens (tertiary/aromatic N) is 1. The van der Waals surface area contributed by atoms with E-state index in [1.165, 1.54) is 6.07 Å². The SMILES string of the molecule is CNCCCNc1ccccc1[N+](=O)[O-]. The number of hydrogen-bond donors (Lipinski definition) is 2. The number of nitro benzene ring substituents is 1. The Balaban J connectivity index is 2.56. The van der Waals surface area contributed by atoms with Gasteiger partial charge in [-0.05, 0) is 26.1 Å². The molecule has 1 aromatic carbocycles. The monoisotopic (exact) mass is 209 g/mol. The van der Waals surface area contributed by atoms with E-state index in [-0.39, 0.29) is 10.6 Å². The summed E-state index contributed by atoms with van der Waals surface area (Å²) in [5.74, 6) is 0. The average Bonchev–Trinajstić information content (AvgIpc) is 2.25. The number of benzene rings is 1. The third-order valence-corrected chi connectivity index (χ3v) is 2.02. The Bertz CT molecular complexity index is 328. The van der Waals surface area contributed by atoms with Crippen molar-refractivity contribution in [3.8, 4) is 0 Å². The first kappa shape index (κ1) is 11.5. The van der Waals surface area contributed by atoms with Gasteiger partial charge in [0.25, 0.3) is 5.69 Å². The molecule has 82 valence electrons. The van der Waals surface area contributed by atoms with E-state index in [0.717, 1.165) is 19.5 Å². The first-order valence-corrected chi connectivity index (χ1v) is 4.87. The zero-order valence-corrected chi connectivity index (χ0v) is 8.69. The van der Waals surface area contributed by atoms with Gasteiger partial charge in [0.2, 0.25) is 0 Å². The Hall–Kier alpha value is -1.62. The number of nitro groups is 1. The number of nitrogens with one attached hydrogen (secondary N) is 2. The van der Waals surface area contributed by atoms with E-state index in [2.05, 4.69) is 10.6 Å². The van der Waals surface area contributed by atoms with Gasteiger partial charge in [-0.2, -0.15) is 0 Å². The summed E-state index contributed by atoms with van der Waals surface area (Å²) in [5, 5.41) is 16.7. The molecule has 0 aliphatic carbocycles. The van der Waals surface area contributed by atoms with Gasteiger partial charge in [0.1, 0.15) is 5.69 Å². The summed E-state index contributed by atoms with van der Waals surface area (Å²) in [6, 6.07) is 6.67. The highest BCUT2D eigenvalue weighted by Crippen LogP contribution is 2.22. The molecule has 0 atom stereocenters. The lowest BCUT2D eigenvalue weighted by molar-refractivity contribution is -0.384. The van der Waals surface area contributed by atoms with E-state index in [0.29, 0.717) is 5.69 Å². The van der Waals surface area contributed by atoms with Gasteiger partial charge >= 0.3 is 0 Å². The van der Waals surface area contributed by atoms with Crippen LogP contribution in [0.1, 0.15) is 6.42 Å². The molecule has 2 N–H and O–H groups in total. The topological polar surface area (TPSA) is 67.2 Å². The average molecular weight is 209 g/mol. The maximum absolute atomic E-state index is 10.7. The van der Waals surface area contributed by atoms with Crippen LogP contribution in [0.3, 0.4) is 0 Å². The fourth-order valence-electron chi connectivity index (χ4n) is 1.27. The molecule has 15 heavy (non-hydrogen) atoms. The largest absolute Gasteiger partial charge is 0.379 e. The molecule has 1 aromatic rings. The molecular formula is C10H15N3O2. The fourth-order valence-corrected chi connectivity index (χ4v) is 1.27. The van der Waals surface area contributed by atoms with E-state index < -0.39 is 0 Å². The van der Waals surface area contributed by atoms with Crippen LogP contribution in [0, 0.1) is 10.1 Å². The van der Waals surface area contributed by atoms with Crippen LogP contribution in [0.5, 0.6) is 0 Å². The molecule has 0 spiro atoms. The normalized spacial score (nSPS) is 9.93. The highest BCUT2D eigenvalue weighted by atomic mass is 16.6. The Kier molecular flexibility index (Phi) is 4.56. The number of hydrogen-bond acceptors (Lipinski definition) is 4. The van der Waals surface area contributed by atoms with Gasteiger partial charge in [-0.1, -0.05) is 12.1 Å². The molecular weight excluding hydrogens is 194 g/mol. The van der Waals surface area contributed by atoms with Crippen molar-refractivity contribution >= 4 is 11.4 Å². The lowest BCUT2D eigenvalue weighted by Gasteiger charge is -2.06. The van der Waals surface area contributed by atoms with Crippen LogP contribution in [0.25, 0.3) is 0 Å². The van der Waals surface area contributed by atoms with Gasteiger partial charge in [-0.3, -0.25) is 10.1 Å². The summed E-state index contributed by atoms with van der Waals surface area (Å²) < 4.78 is 0. The van der Waals surface area contributed by atoms with E-state index in [1.807, 2.05) is 7.05 Å². The van der Waals surface area contributed by atoms with Crippen molar-refractivity contribution in [1.82, 2.24) is 5.32 Å². The second-order valence-corrected chi connectivity index (χ2v) is 3.16. The third kappa shape index (κ3) is 3.55. The smallest absolute Gasteiger partial charge is 0.292 e. The van der Waals surface area contributed by atoms with Crippen molar-refractivity contribution in [1.29, 1.82) is 0 Å². The van der Waals surface area contributed by atoms with Gasteiger partial charge in [-0.25, -0.2) is 0 Å². The number of para-hydroxylation sites is 2. The summed E-state index contributed by atoms with van der Waals surface area (Å²) in [4.78, 5) is 10.3. The summed E-state index contributed by atoms with van der Waals surface area (Å²) >= 11 is 0. The molecule has 0 aliphatic heterocycles. The molecule has 0 saturated heterocycles. The zero-order chi connectivity index (χ0) is 11.1. The molecule has 5 nitrogen and oxygen atoms in total. The molecule has 0 bridgehead atoms. The summed E-state index contributed by atoms with van der Waals surface area (Å²) in [7, 11) is 1.88. The van der Waals surface area contributed by atoms with E-state index >= 15 is 0 Å². The van der Waals surface area contributed by atoms with Gasteiger partial charge in [0, 0.05) is 12.6 Å². The van der Waals surface area contributed by atoms with Crippen LogP contribution >= 0.6 is 0 Å². The molecule has 0 saturated carbocycles. The maximum Gasteiger partial charge on any atom is 0.292 e. The van der Waals surface area contributed by atoms with Crippen LogP contribution in [-0.4, -0.2) is 25.1 Å². The van der Waals surface area contributed by atoms with Crippen LogP contribution in [0.4, 0.5) is 11.4 Å². The molecule has 1 rings (SSSR count). The molecule has 0 aliphatic rings. The van der Waals surface area contributed by atoms with Gasteiger partial charge in [0.05, 0.1) is 4.92 Å². The lowest BCUT2D eigenvalue weighted by atomic mass is 10.2. The van der Waals surface area contributed by atoms with Crippen molar-refractivity contribution in [2.24, 2.45) is 0 Å². The van der Waals surface area contributed by atoms with Gasteiger partial charge in [0.15, 0.2) is 0 Å². The molecule has 0 heterocycles. The van der Waals surface area contributed by atoms with E-state index in [4.69, 9.17) is 0 Å². The molecule has 0 unspecified atom stereocenters. The fraction of sp³-hybridized carbons (Fsp3) is 0.400. The Morgan fingerprint density at radius 1 is 1.33 bits per heavy atom. The first-order chi connectivity index (χ1) is 7.25. The van der Waals surface area contributed by atoms with E-state index in [9.17, 15) is 10.1 Å².